The number of carbonyl (C=O) groups is 1. The molecule has 0 radical (unpaired) electrons. The molecule has 0 saturated heterocycles. The predicted molar refractivity (Wildman–Crippen MR) is 85.9 cm³/mol. The molecule has 0 fully saturated rings. The normalized spacial score (nSPS) is 10.0. The standard InChI is InChI=1S/C16H12N4OS/c21-16(14-11-17-22-20-14)19-18-15(12-7-3-1-4-8-12)13-9-5-2-6-10-13/h1-11H,(H,19,21). The zero-order valence-electron chi connectivity index (χ0n) is 11.5. The lowest BCUT2D eigenvalue weighted by Crippen LogP contribution is -2.20. The molecule has 22 heavy (non-hydrogen) atoms. The van der Waals surface area contributed by atoms with Gasteiger partial charge in [-0.3, -0.25) is 4.79 Å². The van der Waals surface area contributed by atoms with Crippen molar-refractivity contribution < 1.29 is 4.79 Å². The third-order valence-corrected chi connectivity index (χ3v) is 3.44. The average Bonchev–Trinajstić information content (AvgIpc) is 3.11. The number of hydrogen-bond donors (Lipinski definition) is 1. The maximum absolute atomic E-state index is 12.0. The summed E-state index contributed by atoms with van der Waals surface area (Å²) in [4.78, 5) is 12.0. The van der Waals surface area contributed by atoms with Crippen LogP contribution in [0, 0.1) is 0 Å². The molecule has 1 heterocycles. The maximum Gasteiger partial charge on any atom is 0.292 e. The molecule has 2 aromatic carbocycles. The largest absolute Gasteiger partial charge is 0.292 e. The van der Waals surface area contributed by atoms with E-state index in [4.69, 9.17) is 0 Å². The van der Waals surface area contributed by atoms with Gasteiger partial charge in [-0.15, -0.1) is 0 Å². The second kappa shape index (κ2) is 6.73. The van der Waals surface area contributed by atoms with Gasteiger partial charge in [-0.2, -0.15) is 13.8 Å². The molecule has 5 nitrogen and oxygen atoms in total. The van der Waals surface area contributed by atoms with Crippen LogP contribution in [0.2, 0.25) is 0 Å². The zero-order chi connectivity index (χ0) is 15.2. The molecule has 1 N–H and O–H groups in total. The number of benzene rings is 2. The number of aromatic nitrogens is 2. The maximum atomic E-state index is 12.0. The lowest BCUT2D eigenvalue weighted by molar-refractivity contribution is 0.0951. The quantitative estimate of drug-likeness (QED) is 0.595. The van der Waals surface area contributed by atoms with E-state index in [2.05, 4.69) is 19.3 Å². The molecule has 1 amide bonds. The van der Waals surface area contributed by atoms with E-state index in [0.717, 1.165) is 22.9 Å². The zero-order valence-corrected chi connectivity index (χ0v) is 12.3. The highest BCUT2D eigenvalue weighted by Crippen LogP contribution is 2.10. The number of nitrogens with one attached hydrogen (secondary N) is 1. The molecule has 0 aliphatic heterocycles. The van der Waals surface area contributed by atoms with Gasteiger partial charge in [0.25, 0.3) is 5.91 Å². The molecule has 1 aromatic heterocycles. The highest BCUT2D eigenvalue weighted by atomic mass is 32.1. The number of carbonyl (C=O) groups excluding carboxylic acids is 1. The van der Waals surface area contributed by atoms with E-state index >= 15 is 0 Å². The van der Waals surface area contributed by atoms with Crippen molar-refractivity contribution in [3.05, 3.63) is 83.7 Å². The summed E-state index contributed by atoms with van der Waals surface area (Å²) >= 11 is 0.986. The van der Waals surface area contributed by atoms with E-state index in [-0.39, 0.29) is 11.6 Å². The fourth-order valence-electron chi connectivity index (χ4n) is 1.92. The van der Waals surface area contributed by atoms with Gasteiger partial charge in [0.15, 0.2) is 5.69 Å². The number of hydrazone groups is 1. The molecule has 0 saturated carbocycles. The van der Waals surface area contributed by atoms with Gasteiger partial charge in [0.2, 0.25) is 0 Å². The summed E-state index contributed by atoms with van der Waals surface area (Å²) in [5.41, 5.74) is 5.33. The van der Waals surface area contributed by atoms with Crippen LogP contribution in [0.5, 0.6) is 0 Å². The first-order valence-corrected chi connectivity index (χ1v) is 7.34. The number of nitrogens with zero attached hydrogens (tertiary/aromatic N) is 3. The van der Waals surface area contributed by atoms with E-state index in [9.17, 15) is 4.79 Å². The van der Waals surface area contributed by atoms with Crippen LogP contribution in [-0.2, 0) is 0 Å². The fourth-order valence-corrected chi connectivity index (χ4v) is 2.33. The van der Waals surface area contributed by atoms with E-state index in [1.807, 2.05) is 60.7 Å². The summed E-state index contributed by atoms with van der Waals surface area (Å²) < 4.78 is 7.70. The molecule has 0 spiro atoms. The Balaban J connectivity index is 1.92. The number of amides is 1. The van der Waals surface area contributed by atoms with Gasteiger partial charge in [-0.25, -0.2) is 5.43 Å². The summed E-state index contributed by atoms with van der Waals surface area (Å²) in [6.45, 7) is 0. The highest BCUT2D eigenvalue weighted by Gasteiger charge is 2.10. The smallest absolute Gasteiger partial charge is 0.265 e. The topological polar surface area (TPSA) is 67.2 Å². The Morgan fingerprint density at radius 1 is 0.955 bits per heavy atom. The van der Waals surface area contributed by atoms with Gasteiger partial charge in [-0.1, -0.05) is 60.7 Å². The first kappa shape index (κ1) is 14.1. The molecule has 3 rings (SSSR count). The van der Waals surface area contributed by atoms with Gasteiger partial charge < -0.3 is 0 Å². The Bertz CT molecular complexity index is 729. The molecular weight excluding hydrogens is 296 g/mol. The molecule has 0 aliphatic rings. The Labute approximate surface area is 131 Å². The van der Waals surface area contributed by atoms with Crippen molar-refractivity contribution in [2.45, 2.75) is 0 Å². The van der Waals surface area contributed by atoms with Gasteiger partial charge in [-0.05, 0) is 0 Å². The van der Waals surface area contributed by atoms with E-state index in [1.165, 1.54) is 6.20 Å². The molecular formula is C16H12N4OS. The Morgan fingerprint density at radius 3 is 2.05 bits per heavy atom. The van der Waals surface area contributed by atoms with E-state index < -0.39 is 0 Å². The lowest BCUT2D eigenvalue weighted by Gasteiger charge is -2.07. The van der Waals surface area contributed by atoms with Crippen LogP contribution >= 0.6 is 11.7 Å². The van der Waals surface area contributed by atoms with Gasteiger partial charge in [0, 0.05) is 11.1 Å². The molecule has 0 aliphatic carbocycles. The Kier molecular flexibility index (Phi) is 4.31. The summed E-state index contributed by atoms with van der Waals surface area (Å²) in [6.07, 6.45) is 1.42. The minimum absolute atomic E-state index is 0.259. The van der Waals surface area contributed by atoms with Crippen LogP contribution in [0.25, 0.3) is 0 Å². The van der Waals surface area contributed by atoms with Crippen molar-refractivity contribution in [3.63, 3.8) is 0 Å². The first-order valence-electron chi connectivity index (χ1n) is 6.61. The Hall–Kier alpha value is -2.86. The van der Waals surface area contributed by atoms with E-state index in [0.29, 0.717) is 5.71 Å². The average molecular weight is 308 g/mol. The van der Waals surface area contributed by atoms with Gasteiger partial charge in [0.05, 0.1) is 23.6 Å². The van der Waals surface area contributed by atoms with Crippen LogP contribution in [0.4, 0.5) is 0 Å². The van der Waals surface area contributed by atoms with Crippen molar-refractivity contribution in [1.29, 1.82) is 0 Å². The monoisotopic (exact) mass is 308 g/mol. The van der Waals surface area contributed by atoms with E-state index in [1.54, 1.807) is 0 Å². The minimum atomic E-state index is -0.377. The predicted octanol–water partition coefficient (Wildman–Crippen LogP) is 2.72. The van der Waals surface area contributed by atoms with Crippen LogP contribution in [0.3, 0.4) is 0 Å². The molecule has 0 bridgehead atoms. The van der Waals surface area contributed by atoms with Crippen LogP contribution in [-0.4, -0.2) is 20.4 Å². The lowest BCUT2D eigenvalue weighted by atomic mass is 10.0. The fraction of sp³-hybridized carbons (Fsp3) is 0. The van der Waals surface area contributed by atoms with Crippen molar-refractivity contribution in [2.24, 2.45) is 5.10 Å². The van der Waals surface area contributed by atoms with Crippen LogP contribution < -0.4 is 5.43 Å². The highest BCUT2D eigenvalue weighted by molar-refractivity contribution is 6.99. The third-order valence-electron chi connectivity index (χ3n) is 2.96. The van der Waals surface area contributed by atoms with Crippen molar-refractivity contribution in [1.82, 2.24) is 14.2 Å². The van der Waals surface area contributed by atoms with Gasteiger partial charge >= 0.3 is 0 Å². The summed E-state index contributed by atoms with van der Waals surface area (Å²) in [6, 6.07) is 19.4. The van der Waals surface area contributed by atoms with Crippen LogP contribution in [0.1, 0.15) is 21.6 Å². The summed E-state index contributed by atoms with van der Waals surface area (Å²) in [7, 11) is 0. The summed E-state index contributed by atoms with van der Waals surface area (Å²) in [5, 5.41) is 4.27. The number of hydrogen-bond acceptors (Lipinski definition) is 5. The minimum Gasteiger partial charge on any atom is -0.265 e. The molecule has 0 unspecified atom stereocenters. The number of rotatable bonds is 4. The molecule has 108 valence electrons. The van der Waals surface area contributed by atoms with Crippen molar-refractivity contribution in [2.75, 3.05) is 0 Å². The second-order valence-electron chi connectivity index (χ2n) is 4.43. The molecule has 6 heteroatoms. The van der Waals surface area contributed by atoms with Crippen molar-refractivity contribution >= 4 is 23.3 Å². The van der Waals surface area contributed by atoms with Crippen LogP contribution in [0.15, 0.2) is 72.0 Å². The van der Waals surface area contributed by atoms with Gasteiger partial charge in [0.1, 0.15) is 0 Å². The molecule has 3 aromatic rings. The third kappa shape index (κ3) is 3.24. The second-order valence-corrected chi connectivity index (χ2v) is 4.98. The summed E-state index contributed by atoms with van der Waals surface area (Å²) in [5.74, 6) is -0.377. The Morgan fingerprint density at radius 2 is 1.55 bits per heavy atom. The first-order chi connectivity index (χ1) is 10.8. The SMILES string of the molecule is O=C(NN=C(c1ccccc1)c1ccccc1)c1cnsn1. The van der Waals surface area contributed by atoms with Crippen molar-refractivity contribution in [3.8, 4) is 0 Å². The molecule has 0 atom stereocenters.